The molecule has 0 spiro atoms. The molecule has 124 valence electrons. The topological polar surface area (TPSA) is 97.2 Å². The van der Waals surface area contributed by atoms with E-state index in [9.17, 15) is 14.8 Å². The number of aromatic nitrogens is 2. The smallest absolute Gasteiger partial charge is 0.366 e. The van der Waals surface area contributed by atoms with Crippen LogP contribution < -0.4 is 16.0 Å². The Morgan fingerprint density at radius 2 is 1.56 bits per heavy atom. The summed E-state index contributed by atoms with van der Waals surface area (Å²) < 4.78 is 6.59. The van der Waals surface area contributed by atoms with Crippen LogP contribution in [0, 0.1) is 11.3 Å². The molecule has 1 N–H and O–H groups in total. The summed E-state index contributed by atoms with van der Waals surface area (Å²) in [5.41, 5.74) is 0.699. The first-order valence-corrected chi connectivity index (χ1v) is 7.30. The van der Waals surface area contributed by atoms with Gasteiger partial charge in [0.25, 0.3) is 5.56 Å². The number of rotatable bonds is 3. The van der Waals surface area contributed by atoms with Gasteiger partial charge in [0.2, 0.25) is 5.88 Å². The minimum absolute atomic E-state index is 0.0147. The van der Waals surface area contributed by atoms with Crippen LogP contribution >= 0.6 is 0 Å². The molecule has 0 amide bonds. The molecule has 0 saturated heterocycles. The SMILES string of the molecule is Cn1c(Oc2ccc(-c3ccc(C#N)cc3)cc2)cc(=O)n(O)c1=O. The van der Waals surface area contributed by atoms with Crippen molar-refractivity contribution in [2.24, 2.45) is 7.05 Å². The van der Waals surface area contributed by atoms with E-state index in [0.717, 1.165) is 21.8 Å². The summed E-state index contributed by atoms with van der Waals surface area (Å²) in [6.07, 6.45) is 0. The van der Waals surface area contributed by atoms with Gasteiger partial charge < -0.3 is 9.94 Å². The summed E-state index contributed by atoms with van der Waals surface area (Å²) in [4.78, 5) is 23.2. The van der Waals surface area contributed by atoms with E-state index in [1.54, 1.807) is 24.3 Å². The number of nitriles is 1. The number of benzene rings is 2. The molecule has 0 saturated carbocycles. The van der Waals surface area contributed by atoms with E-state index in [1.807, 2.05) is 24.3 Å². The minimum atomic E-state index is -0.892. The Bertz CT molecular complexity index is 1070. The molecule has 1 heterocycles. The maximum atomic E-state index is 11.7. The third-order valence-electron chi connectivity index (χ3n) is 3.68. The van der Waals surface area contributed by atoms with E-state index in [0.29, 0.717) is 11.3 Å². The molecule has 0 aliphatic heterocycles. The van der Waals surface area contributed by atoms with Crippen molar-refractivity contribution >= 4 is 0 Å². The lowest BCUT2D eigenvalue weighted by Crippen LogP contribution is -2.37. The first-order chi connectivity index (χ1) is 12.0. The number of hydrogen-bond acceptors (Lipinski definition) is 5. The van der Waals surface area contributed by atoms with Crippen LogP contribution in [0.5, 0.6) is 11.6 Å². The Labute approximate surface area is 142 Å². The van der Waals surface area contributed by atoms with Crippen molar-refractivity contribution < 1.29 is 9.94 Å². The maximum absolute atomic E-state index is 11.7. The molecule has 0 aliphatic carbocycles. The molecule has 0 fully saturated rings. The quantitative estimate of drug-likeness (QED) is 0.739. The molecule has 0 radical (unpaired) electrons. The summed E-state index contributed by atoms with van der Waals surface area (Å²) in [7, 11) is 1.38. The van der Waals surface area contributed by atoms with Crippen LogP contribution in [0.2, 0.25) is 0 Å². The molecule has 25 heavy (non-hydrogen) atoms. The zero-order valence-corrected chi connectivity index (χ0v) is 13.2. The van der Waals surface area contributed by atoms with Crippen LogP contribution in [-0.4, -0.2) is 14.5 Å². The zero-order valence-electron chi connectivity index (χ0n) is 13.2. The monoisotopic (exact) mass is 335 g/mol. The fourth-order valence-electron chi connectivity index (χ4n) is 2.27. The number of hydrogen-bond donors (Lipinski definition) is 1. The lowest BCUT2D eigenvalue weighted by atomic mass is 10.0. The Morgan fingerprint density at radius 3 is 2.12 bits per heavy atom. The van der Waals surface area contributed by atoms with Crippen molar-refractivity contribution in [3.05, 3.63) is 81.0 Å². The number of ether oxygens (including phenoxy) is 1. The van der Waals surface area contributed by atoms with Crippen LogP contribution in [0.3, 0.4) is 0 Å². The first-order valence-electron chi connectivity index (χ1n) is 7.30. The molecule has 0 atom stereocenters. The molecular formula is C18H13N3O4. The molecule has 2 aromatic carbocycles. The normalized spacial score (nSPS) is 10.2. The predicted octanol–water partition coefficient (Wildman–Crippen LogP) is 2.12. The highest BCUT2D eigenvalue weighted by molar-refractivity contribution is 5.65. The summed E-state index contributed by atoms with van der Waals surface area (Å²) in [5.74, 6) is 0.453. The largest absolute Gasteiger partial charge is 0.440 e. The lowest BCUT2D eigenvalue weighted by molar-refractivity contribution is 0.153. The Hall–Kier alpha value is -3.79. The fraction of sp³-hybridized carbons (Fsp3) is 0.0556. The van der Waals surface area contributed by atoms with Crippen LogP contribution in [0.15, 0.2) is 64.2 Å². The van der Waals surface area contributed by atoms with Gasteiger partial charge in [-0.3, -0.25) is 9.36 Å². The van der Waals surface area contributed by atoms with E-state index in [1.165, 1.54) is 7.05 Å². The highest BCUT2D eigenvalue weighted by Crippen LogP contribution is 2.25. The second-order valence-corrected chi connectivity index (χ2v) is 5.29. The highest BCUT2D eigenvalue weighted by Gasteiger charge is 2.09. The molecular weight excluding hydrogens is 322 g/mol. The Morgan fingerprint density at radius 1 is 1.00 bits per heavy atom. The lowest BCUT2D eigenvalue weighted by Gasteiger charge is -2.10. The summed E-state index contributed by atoms with van der Waals surface area (Å²) in [5, 5.41) is 18.1. The highest BCUT2D eigenvalue weighted by atomic mass is 16.5. The second kappa shape index (κ2) is 6.37. The van der Waals surface area contributed by atoms with Crippen molar-refractivity contribution in [1.82, 2.24) is 9.30 Å². The summed E-state index contributed by atoms with van der Waals surface area (Å²) in [6, 6.07) is 17.3. The number of nitrogens with zero attached hydrogens (tertiary/aromatic N) is 3. The molecule has 7 heteroatoms. The van der Waals surface area contributed by atoms with E-state index < -0.39 is 11.2 Å². The van der Waals surface area contributed by atoms with Crippen LogP contribution in [0.1, 0.15) is 5.56 Å². The van der Waals surface area contributed by atoms with Crippen LogP contribution in [0.25, 0.3) is 11.1 Å². The van der Waals surface area contributed by atoms with Gasteiger partial charge in [0.1, 0.15) is 5.75 Å². The van der Waals surface area contributed by atoms with Gasteiger partial charge in [-0.1, -0.05) is 29.0 Å². The Kier molecular flexibility index (Phi) is 4.10. The summed E-state index contributed by atoms with van der Waals surface area (Å²) >= 11 is 0. The van der Waals surface area contributed by atoms with Gasteiger partial charge in [-0.2, -0.15) is 5.26 Å². The average Bonchev–Trinajstić information content (AvgIpc) is 2.65. The third-order valence-corrected chi connectivity index (χ3v) is 3.68. The van der Waals surface area contributed by atoms with E-state index in [4.69, 9.17) is 10.00 Å². The van der Waals surface area contributed by atoms with E-state index >= 15 is 0 Å². The Balaban J connectivity index is 1.87. The van der Waals surface area contributed by atoms with Crippen molar-refractivity contribution in [3.63, 3.8) is 0 Å². The van der Waals surface area contributed by atoms with E-state index in [-0.39, 0.29) is 10.6 Å². The molecule has 3 aromatic rings. The van der Waals surface area contributed by atoms with Crippen LogP contribution in [0.4, 0.5) is 0 Å². The van der Waals surface area contributed by atoms with Gasteiger partial charge in [-0.05, 0) is 35.4 Å². The van der Waals surface area contributed by atoms with Gasteiger partial charge >= 0.3 is 5.69 Å². The molecule has 3 rings (SSSR count). The minimum Gasteiger partial charge on any atom is -0.440 e. The van der Waals surface area contributed by atoms with Gasteiger partial charge in [0.15, 0.2) is 0 Å². The van der Waals surface area contributed by atoms with Gasteiger partial charge in [0, 0.05) is 7.05 Å². The van der Waals surface area contributed by atoms with Crippen molar-refractivity contribution in [2.75, 3.05) is 0 Å². The van der Waals surface area contributed by atoms with E-state index in [2.05, 4.69) is 6.07 Å². The maximum Gasteiger partial charge on any atom is 0.366 e. The van der Waals surface area contributed by atoms with Gasteiger partial charge in [-0.25, -0.2) is 4.79 Å². The van der Waals surface area contributed by atoms with Crippen molar-refractivity contribution in [3.8, 4) is 28.8 Å². The molecule has 1 aromatic heterocycles. The molecule has 0 aliphatic rings. The molecule has 0 bridgehead atoms. The fourth-order valence-corrected chi connectivity index (χ4v) is 2.27. The predicted molar refractivity (Wildman–Crippen MR) is 89.8 cm³/mol. The summed E-state index contributed by atoms with van der Waals surface area (Å²) in [6.45, 7) is 0. The molecule has 0 unspecified atom stereocenters. The molecule has 7 nitrogen and oxygen atoms in total. The zero-order chi connectivity index (χ0) is 18.0. The van der Waals surface area contributed by atoms with Crippen LogP contribution in [-0.2, 0) is 7.05 Å². The second-order valence-electron chi connectivity index (χ2n) is 5.29. The van der Waals surface area contributed by atoms with Crippen molar-refractivity contribution in [2.45, 2.75) is 0 Å². The van der Waals surface area contributed by atoms with Crippen molar-refractivity contribution in [1.29, 1.82) is 5.26 Å². The van der Waals surface area contributed by atoms with Gasteiger partial charge in [-0.15, -0.1) is 0 Å². The third kappa shape index (κ3) is 3.14. The average molecular weight is 335 g/mol. The standard InChI is InChI=1S/C18H13N3O4/c1-20-17(10-16(22)21(24)18(20)23)25-15-8-6-14(7-9-15)13-4-2-12(11-19)3-5-13/h2-10,24H,1H3. The first kappa shape index (κ1) is 16.1. The van der Waals surface area contributed by atoms with Gasteiger partial charge in [0.05, 0.1) is 17.7 Å².